The number of carbonyl (C=O) groups is 3. The van der Waals surface area contributed by atoms with Gasteiger partial charge in [-0.25, -0.2) is 9.59 Å². The number of urea groups is 1. The normalized spacial score (nSPS) is 9.75. The Labute approximate surface area is 116 Å². The molecular weight excluding hydrogens is 264 g/mol. The number of esters is 1. The zero-order chi connectivity index (χ0) is 15.3. The van der Waals surface area contributed by atoms with Crippen LogP contribution in [0.25, 0.3) is 0 Å². The molecule has 1 aromatic rings. The Morgan fingerprint density at radius 2 is 1.80 bits per heavy atom. The van der Waals surface area contributed by atoms with Crippen molar-refractivity contribution in [3.05, 3.63) is 29.8 Å². The van der Waals surface area contributed by atoms with Crippen LogP contribution in [-0.2, 0) is 9.53 Å². The molecule has 0 atom stereocenters. The van der Waals surface area contributed by atoms with Crippen LogP contribution in [0.1, 0.15) is 10.4 Å². The Bertz CT molecular complexity index is 529. The zero-order valence-electron chi connectivity index (χ0n) is 11.5. The quantitative estimate of drug-likeness (QED) is 0.833. The summed E-state index contributed by atoms with van der Waals surface area (Å²) in [5.41, 5.74) is 0.261. The average molecular weight is 280 g/mol. The number of likely N-dealkylation sites (N-methyl/N-ethyl adjacent to an activating group) is 1. The second kappa shape index (κ2) is 6.55. The van der Waals surface area contributed by atoms with Gasteiger partial charge in [0.25, 0.3) is 0 Å². The summed E-state index contributed by atoms with van der Waals surface area (Å²) in [6, 6.07) is 5.62. The van der Waals surface area contributed by atoms with Gasteiger partial charge < -0.3 is 14.7 Å². The number of carboxylic acid groups (broad SMARTS) is 1. The molecule has 108 valence electrons. The number of carboxylic acids is 1. The molecule has 1 rings (SSSR count). The number of carbonyl (C=O) groups excluding carboxylic acids is 2. The summed E-state index contributed by atoms with van der Waals surface area (Å²) in [7, 11) is 4.10. The van der Waals surface area contributed by atoms with Crippen LogP contribution in [0.3, 0.4) is 0 Å². The lowest BCUT2D eigenvalue weighted by Crippen LogP contribution is -2.42. The fourth-order valence-corrected chi connectivity index (χ4v) is 1.63. The van der Waals surface area contributed by atoms with Crippen LogP contribution in [0.2, 0.25) is 0 Å². The van der Waals surface area contributed by atoms with Crippen molar-refractivity contribution in [1.82, 2.24) is 4.90 Å². The molecule has 0 heterocycles. The van der Waals surface area contributed by atoms with Gasteiger partial charge in [-0.15, -0.1) is 0 Å². The van der Waals surface area contributed by atoms with Gasteiger partial charge in [0.2, 0.25) is 0 Å². The minimum absolute atomic E-state index is 0.00909. The van der Waals surface area contributed by atoms with Crippen LogP contribution in [-0.4, -0.2) is 55.7 Å². The second-order valence-corrected chi connectivity index (χ2v) is 4.10. The Kier molecular flexibility index (Phi) is 5.08. The van der Waals surface area contributed by atoms with E-state index in [4.69, 9.17) is 5.11 Å². The molecule has 1 N–H and O–H groups in total. The van der Waals surface area contributed by atoms with Gasteiger partial charge in [0.15, 0.2) is 0 Å². The maximum Gasteiger partial charge on any atom is 0.337 e. The Morgan fingerprint density at radius 1 is 1.20 bits per heavy atom. The number of anilines is 1. The lowest BCUT2D eigenvalue weighted by molar-refractivity contribution is -0.140. The molecule has 0 aliphatic rings. The first-order chi connectivity index (χ1) is 9.38. The molecule has 0 radical (unpaired) electrons. The molecule has 0 saturated carbocycles. The third kappa shape index (κ3) is 3.47. The molecule has 0 bridgehead atoms. The minimum atomic E-state index is -1.13. The maximum absolute atomic E-state index is 12.1. The van der Waals surface area contributed by atoms with Crippen molar-refractivity contribution in [2.24, 2.45) is 0 Å². The highest BCUT2D eigenvalue weighted by atomic mass is 16.5. The number of benzene rings is 1. The smallest absolute Gasteiger partial charge is 0.337 e. The largest absolute Gasteiger partial charge is 0.478 e. The monoisotopic (exact) mass is 280 g/mol. The van der Waals surface area contributed by atoms with E-state index in [1.54, 1.807) is 12.1 Å². The molecule has 0 aliphatic heterocycles. The van der Waals surface area contributed by atoms with Crippen LogP contribution in [0.15, 0.2) is 24.3 Å². The molecule has 0 spiro atoms. The summed E-state index contributed by atoms with van der Waals surface area (Å²) in [4.78, 5) is 36.7. The van der Waals surface area contributed by atoms with Gasteiger partial charge in [-0.3, -0.25) is 9.69 Å². The van der Waals surface area contributed by atoms with Gasteiger partial charge in [0, 0.05) is 14.1 Å². The molecule has 0 aromatic heterocycles. The van der Waals surface area contributed by atoms with Crippen molar-refractivity contribution < 1.29 is 24.2 Å². The summed E-state index contributed by atoms with van der Waals surface area (Å²) in [5, 5.41) is 9.09. The van der Waals surface area contributed by atoms with Crippen LogP contribution >= 0.6 is 0 Å². The molecule has 0 unspecified atom stereocenters. The van der Waals surface area contributed by atoms with E-state index in [9.17, 15) is 14.4 Å². The number of nitrogens with zero attached hydrogens (tertiary/aromatic N) is 2. The van der Waals surface area contributed by atoms with Crippen molar-refractivity contribution in [2.45, 2.75) is 0 Å². The zero-order valence-corrected chi connectivity index (χ0v) is 11.5. The van der Waals surface area contributed by atoms with E-state index in [1.807, 2.05) is 0 Å². The van der Waals surface area contributed by atoms with E-state index < -0.39 is 18.0 Å². The van der Waals surface area contributed by atoms with Crippen molar-refractivity contribution >= 4 is 23.7 Å². The molecule has 2 amide bonds. The van der Waals surface area contributed by atoms with Gasteiger partial charge in [-0.1, -0.05) is 12.1 Å². The lowest BCUT2D eigenvalue weighted by Gasteiger charge is -2.25. The van der Waals surface area contributed by atoms with Crippen LogP contribution < -0.4 is 4.90 Å². The summed E-state index contributed by atoms with van der Waals surface area (Å²) < 4.78 is 4.47. The highest BCUT2D eigenvalue weighted by molar-refractivity contribution is 6.01. The fraction of sp³-hybridized carbons (Fsp3) is 0.308. The van der Waals surface area contributed by atoms with Crippen molar-refractivity contribution in [1.29, 1.82) is 0 Å². The first-order valence-corrected chi connectivity index (χ1v) is 5.76. The Morgan fingerprint density at radius 3 is 2.35 bits per heavy atom. The van der Waals surface area contributed by atoms with E-state index in [0.717, 1.165) is 4.90 Å². The number of hydrogen-bond acceptors (Lipinski definition) is 4. The van der Waals surface area contributed by atoms with Crippen molar-refractivity contribution in [3.8, 4) is 0 Å². The summed E-state index contributed by atoms with van der Waals surface area (Å²) in [6.45, 7) is -0.213. The summed E-state index contributed by atoms with van der Waals surface area (Å²) in [6.07, 6.45) is 0. The molecular formula is C13H16N2O5. The number of rotatable bonds is 4. The third-order valence-electron chi connectivity index (χ3n) is 2.70. The number of methoxy groups -OCH3 is 1. The standard InChI is InChI=1S/C13H16N2O5/c1-14(8-11(16)20-3)13(19)15(2)10-7-5-4-6-9(10)12(17)18/h4-7H,8H2,1-3H3,(H,17,18). The molecule has 7 heteroatoms. The predicted molar refractivity (Wildman–Crippen MR) is 71.8 cm³/mol. The molecule has 0 saturated heterocycles. The van der Waals surface area contributed by atoms with E-state index in [0.29, 0.717) is 0 Å². The first-order valence-electron chi connectivity index (χ1n) is 5.76. The van der Waals surface area contributed by atoms with Gasteiger partial charge in [-0.05, 0) is 12.1 Å². The average Bonchev–Trinajstić information content (AvgIpc) is 2.45. The second-order valence-electron chi connectivity index (χ2n) is 4.10. The number of amides is 2. The van der Waals surface area contributed by atoms with E-state index in [1.165, 1.54) is 38.2 Å². The van der Waals surface area contributed by atoms with Crippen molar-refractivity contribution in [3.63, 3.8) is 0 Å². The Balaban J connectivity index is 2.94. The minimum Gasteiger partial charge on any atom is -0.478 e. The number of hydrogen-bond donors (Lipinski definition) is 1. The van der Waals surface area contributed by atoms with E-state index in [2.05, 4.69) is 4.74 Å². The maximum atomic E-state index is 12.1. The van der Waals surface area contributed by atoms with Gasteiger partial charge in [0.05, 0.1) is 18.4 Å². The first kappa shape index (κ1) is 15.5. The highest BCUT2D eigenvalue weighted by Gasteiger charge is 2.22. The highest BCUT2D eigenvalue weighted by Crippen LogP contribution is 2.20. The van der Waals surface area contributed by atoms with Crippen LogP contribution in [0.4, 0.5) is 10.5 Å². The number of ether oxygens (including phenoxy) is 1. The topological polar surface area (TPSA) is 87.2 Å². The molecule has 20 heavy (non-hydrogen) atoms. The SMILES string of the molecule is COC(=O)CN(C)C(=O)N(C)c1ccccc1C(=O)O. The van der Waals surface area contributed by atoms with Crippen LogP contribution in [0, 0.1) is 0 Å². The van der Waals surface area contributed by atoms with Gasteiger partial charge in [-0.2, -0.15) is 0 Å². The number of aromatic carboxylic acids is 1. The van der Waals surface area contributed by atoms with Crippen molar-refractivity contribution in [2.75, 3.05) is 32.6 Å². The predicted octanol–water partition coefficient (Wildman–Crippen LogP) is 1.05. The molecule has 0 fully saturated rings. The van der Waals surface area contributed by atoms with E-state index in [-0.39, 0.29) is 17.8 Å². The summed E-state index contributed by atoms with van der Waals surface area (Å²) in [5.74, 6) is -1.68. The molecule has 0 aliphatic carbocycles. The number of para-hydroxylation sites is 1. The summed E-state index contributed by atoms with van der Waals surface area (Å²) >= 11 is 0. The fourth-order valence-electron chi connectivity index (χ4n) is 1.63. The van der Waals surface area contributed by atoms with Gasteiger partial charge >= 0.3 is 18.0 Å². The van der Waals surface area contributed by atoms with Crippen LogP contribution in [0.5, 0.6) is 0 Å². The Hall–Kier alpha value is -2.57. The van der Waals surface area contributed by atoms with E-state index >= 15 is 0 Å². The third-order valence-corrected chi connectivity index (χ3v) is 2.70. The molecule has 7 nitrogen and oxygen atoms in total. The molecule has 1 aromatic carbocycles. The lowest BCUT2D eigenvalue weighted by atomic mass is 10.1. The van der Waals surface area contributed by atoms with Gasteiger partial charge in [0.1, 0.15) is 6.54 Å².